The van der Waals surface area contributed by atoms with E-state index in [-0.39, 0.29) is 5.41 Å². The molecule has 19 heavy (non-hydrogen) atoms. The molecule has 0 spiro atoms. The van der Waals surface area contributed by atoms with Crippen LogP contribution >= 0.6 is 11.8 Å². The molecule has 1 aromatic rings. The summed E-state index contributed by atoms with van der Waals surface area (Å²) in [7, 11) is 0. The molecule has 2 rings (SSSR count). The third-order valence-electron chi connectivity index (χ3n) is 3.65. The van der Waals surface area contributed by atoms with E-state index in [2.05, 4.69) is 24.4 Å². The summed E-state index contributed by atoms with van der Waals surface area (Å²) in [4.78, 5) is 12.8. The number of aliphatic carboxylic acids is 1. The Morgan fingerprint density at radius 2 is 2.42 bits per heavy atom. The Morgan fingerprint density at radius 3 is 3.00 bits per heavy atom. The number of carboxylic acids is 1. The predicted octanol–water partition coefficient (Wildman–Crippen LogP) is 1.86. The first-order valence-electron chi connectivity index (χ1n) is 6.51. The van der Waals surface area contributed by atoms with Crippen molar-refractivity contribution in [2.75, 3.05) is 17.4 Å². The first-order chi connectivity index (χ1) is 8.94. The van der Waals surface area contributed by atoms with Gasteiger partial charge in [0.05, 0.1) is 11.9 Å². The summed E-state index contributed by atoms with van der Waals surface area (Å²) in [6.07, 6.45) is 6.63. The van der Waals surface area contributed by atoms with Crippen molar-refractivity contribution < 1.29 is 9.90 Å². The fourth-order valence-corrected chi connectivity index (χ4v) is 2.90. The van der Waals surface area contributed by atoms with E-state index in [1.807, 2.05) is 12.5 Å². The van der Waals surface area contributed by atoms with Crippen molar-refractivity contribution in [1.82, 2.24) is 9.89 Å². The standard InChI is InChI=1S/C13H21N3O2S/c1-13(2)6-4-9-8-16(15-11(9)13)14-10(12(17)18)5-7-19-3/h8,10,14H,4-7H2,1-3H3,(H,17,18)/t10-/m0/s1. The summed E-state index contributed by atoms with van der Waals surface area (Å²) in [5.74, 6) is -0.0137. The second-order valence-corrected chi connectivity index (χ2v) is 6.62. The van der Waals surface area contributed by atoms with E-state index >= 15 is 0 Å². The minimum atomic E-state index is -0.830. The molecule has 1 aromatic heterocycles. The molecule has 0 fully saturated rings. The smallest absolute Gasteiger partial charge is 0.327 e. The van der Waals surface area contributed by atoms with Crippen LogP contribution in [0.3, 0.4) is 0 Å². The van der Waals surface area contributed by atoms with Crippen LogP contribution in [0.5, 0.6) is 0 Å². The summed E-state index contributed by atoms with van der Waals surface area (Å²) in [5.41, 5.74) is 5.39. The highest BCUT2D eigenvalue weighted by Gasteiger charge is 2.33. The highest BCUT2D eigenvalue weighted by molar-refractivity contribution is 7.98. The molecule has 5 nitrogen and oxygen atoms in total. The average Bonchev–Trinajstić information content (AvgIpc) is 2.85. The zero-order valence-electron chi connectivity index (χ0n) is 11.6. The summed E-state index contributed by atoms with van der Waals surface area (Å²) >= 11 is 1.65. The highest BCUT2D eigenvalue weighted by Crippen LogP contribution is 2.36. The number of carboxylic acid groups (broad SMARTS) is 1. The van der Waals surface area contributed by atoms with E-state index in [4.69, 9.17) is 0 Å². The molecule has 0 saturated heterocycles. The first kappa shape index (κ1) is 14.2. The lowest BCUT2D eigenvalue weighted by molar-refractivity contribution is -0.138. The second kappa shape index (κ2) is 5.45. The molecular formula is C13H21N3O2S. The van der Waals surface area contributed by atoms with Crippen LogP contribution in [-0.2, 0) is 16.6 Å². The summed E-state index contributed by atoms with van der Waals surface area (Å²) < 4.78 is 0. The predicted molar refractivity (Wildman–Crippen MR) is 77.4 cm³/mol. The molecule has 0 bridgehead atoms. The van der Waals surface area contributed by atoms with Gasteiger partial charge < -0.3 is 5.11 Å². The molecule has 1 atom stereocenters. The van der Waals surface area contributed by atoms with E-state index in [0.717, 1.165) is 24.3 Å². The van der Waals surface area contributed by atoms with Crippen LogP contribution in [0, 0.1) is 0 Å². The number of nitrogens with zero attached hydrogens (tertiary/aromatic N) is 2. The maximum atomic E-state index is 11.2. The van der Waals surface area contributed by atoms with Crippen molar-refractivity contribution in [2.45, 2.75) is 44.6 Å². The number of thioether (sulfide) groups is 1. The van der Waals surface area contributed by atoms with E-state index in [1.54, 1.807) is 16.6 Å². The lowest BCUT2D eigenvalue weighted by Gasteiger charge is -2.18. The molecule has 0 amide bonds. The van der Waals surface area contributed by atoms with Crippen molar-refractivity contribution in [1.29, 1.82) is 0 Å². The zero-order valence-corrected chi connectivity index (χ0v) is 12.5. The largest absolute Gasteiger partial charge is 0.480 e. The van der Waals surface area contributed by atoms with E-state index < -0.39 is 12.0 Å². The Kier molecular flexibility index (Phi) is 4.08. The van der Waals surface area contributed by atoms with Gasteiger partial charge in [0.15, 0.2) is 0 Å². The molecule has 0 radical (unpaired) electrons. The number of nitrogens with one attached hydrogen (secondary N) is 1. The van der Waals surface area contributed by atoms with Gasteiger partial charge in [0.1, 0.15) is 6.04 Å². The number of aromatic nitrogens is 2. The van der Waals surface area contributed by atoms with Crippen LogP contribution in [0.4, 0.5) is 0 Å². The topological polar surface area (TPSA) is 67.2 Å². The van der Waals surface area contributed by atoms with E-state index in [0.29, 0.717) is 6.42 Å². The Morgan fingerprint density at radius 1 is 1.68 bits per heavy atom. The van der Waals surface area contributed by atoms with Crippen molar-refractivity contribution in [3.63, 3.8) is 0 Å². The molecule has 0 saturated carbocycles. The number of fused-ring (bicyclic) bond motifs is 1. The number of hydrogen-bond acceptors (Lipinski definition) is 4. The fraction of sp³-hybridized carbons (Fsp3) is 0.692. The van der Waals surface area contributed by atoms with Gasteiger partial charge in [0.25, 0.3) is 0 Å². The van der Waals surface area contributed by atoms with Crippen molar-refractivity contribution >= 4 is 17.7 Å². The van der Waals surface area contributed by atoms with E-state index in [1.165, 1.54) is 5.56 Å². The first-order valence-corrected chi connectivity index (χ1v) is 7.91. The maximum Gasteiger partial charge on any atom is 0.327 e. The van der Waals surface area contributed by atoms with Gasteiger partial charge >= 0.3 is 5.97 Å². The molecule has 1 aliphatic carbocycles. The second-order valence-electron chi connectivity index (χ2n) is 5.63. The number of hydrogen-bond donors (Lipinski definition) is 2. The number of carbonyl (C=O) groups is 1. The van der Waals surface area contributed by atoms with Gasteiger partial charge in [0, 0.05) is 5.41 Å². The molecule has 106 valence electrons. The molecule has 0 aliphatic heterocycles. The van der Waals surface area contributed by atoms with Crippen molar-refractivity contribution in [3.05, 3.63) is 17.5 Å². The van der Waals surface area contributed by atoms with Gasteiger partial charge in [-0.1, -0.05) is 13.8 Å². The molecular weight excluding hydrogens is 262 g/mol. The maximum absolute atomic E-state index is 11.2. The van der Waals surface area contributed by atoms with Gasteiger partial charge in [-0.25, -0.2) is 4.79 Å². The average molecular weight is 283 g/mol. The summed E-state index contributed by atoms with van der Waals surface area (Å²) in [6.45, 7) is 4.36. The van der Waals surface area contributed by atoms with Gasteiger partial charge in [-0.15, -0.1) is 0 Å². The molecule has 6 heteroatoms. The van der Waals surface area contributed by atoms with E-state index in [9.17, 15) is 9.90 Å². The monoisotopic (exact) mass is 283 g/mol. The normalized spacial score (nSPS) is 18.1. The minimum Gasteiger partial charge on any atom is -0.480 e. The van der Waals surface area contributed by atoms with Crippen LogP contribution in [0.1, 0.15) is 37.9 Å². The zero-order chi connectivity index (χ0) is 14.0. The van der Waals surface area contributed by atoms with Gasteiger partial charge in [-0.3, -0.25) is 5.43 Å². The molecule has 2 N–H and O–H groups in total. The molecule has 0 unspecified atom stereocenters. The lowest BCUT2D eigenvalue weighted by atomic mass is 9.91. The van der Waals surface area contributed by atoms with Crippen molar-refractivity contribution in [2.24, 2.45) is 0 Å². The van der Waals surface area contributed by atoms with Crippen LogP contribution in [0.15, 0.2) is 6.20 Å². The summed E-state index contributed by atoms with van der Waals surface area (Å²) in [5, 5.41) is 13.7. The van der Waals surface area contributed by atoms with Crippen LogP contribution in [0.2, 0.25) is 0 Å². The minimum absolute atomic E-state index is 0.0975. The molecule has 1 heterocycles. The van der Waals surface area contributed by atoms with Crippen molar-refractivity contribution in [3.8, 4) is 0 Å². The highest BCUT2D eigenvalue weighted by atomic mass is 32.2. The Balaban J connectivity index is 2.09. The summed E-state index contributed by atoms with van der Waals surface area (Å²) in [6, 6.07) is -0.587. The van der Waals surface area contributed by atoms with Gasteiger partial charge in [-0.05, 0) is 36.8 Å². The lowest BCUT2D eigenvalue weighted by Crippen LogP contribution is -2.36. The Hall–Kier alpha value is -1.17. The molecule has 1 aliphatic rings. The van der Waals surface area contributed by atoms with Gasteiger partial charge in [0.2, 0.25) is 0 Å². The van der Waals surface area contributed by atoms with Crippen LogP contribution < -0.4 is 5.43 Å². The third-order valence-corrected chi connectivity index (χ3v) is 4.29. The Bertz CT molecular complexity index is 470. The quantitative estimate of drug-likeness (QED) is 0.834. The molecule has 0 aromatic carbocycles. The third kappa shape index (κ3) is 3.05. The number of rotatable bonds is 6. The number of aryl methyl sites for hydroxylation is 1. The fourth-order valence-electron chi connectivity index (χ4n) is 2.43. The Labute approximate surface area is 117 Å². The van der Waals surface area contributed by atoms with Crippen LogP contribution in [-0.4, -0.2) is 39.0 Å². The SMILES string of the molecule is CSCC[C@H](Nn1cc2c(n1)C(C)(C)CC2)C(=O)O. The van der Waals surface area contributed by atoms with Gasteiger partial charge in [-0.2, -0.15) is 21.7 Å². The van der Waals surface area contributed by atoms with Crippen LogP contribution in [0.25, 0.3) is 0 Å².